The minimum atomic E-state index is -4.64. The highest BCUT2D eigenvalue weighted by molar-refractivity contribution is 5.96. The second-order valence-corrected chi connectivity index (χ2v) is 5.64. The Balaban J connectivity index is 3.20. The number of hydrogen-bond donors (Lipinski definition) is 2. The number of halogens is 3. The fourth-order valence-electron chi connectivity index (χ4n) is 1.48. The van der Waals surface area contributed by atoms with Gasteiger partial charge in [0.1, 0.15) is 0 Å². The Morgan fingerprint density at radius 3 is 2.05 bits per heavy atom. The van der Waals surface area contributed by atoms with E-state index in [2.05, 4.69) is 10.6 Å². The van der Waals surface area contributed by atoms with E-state index in [9.17, 15) is 22.8 Å². The summed E-state index contributed by atoms with van der Waals surface area (Å²) >= 11 is 0. The van der Waals surface area contributed by atoms with Crippen LogP contribution in [-0.4, -0.2) is 11.8 Å². The largest absolute Gasteiger partial charge is 0.418 e. The average molecular weight is 302 g/mol. The van der Waals surface area contributed by atoms with E-state index >= 15 is 0 Å². The number of benzene rings is 1. The van der Waals surface area contributed by atoms with Crippen molar-refractivity contribution < 1.29 is 22.8 Å². The summed E-state index contributed by atoms with van der Waals surface area (Å²) in [5, 5.41) is 4.54. The highest BCUT2D eigenvalue weighted by Crippen LogP contribution is 2.37. The third-order valence-electron chi connectivity index (χ3n) is 2.57. The predicted molar refractivity (Wildman–Crippen MR) is 73.8 cm³/mol. The fourth-order valence-corrected chi connectivity index (χ4v) is 1.48. The van der Waals surface area contributed by atoms with Gasteiger partial charge in [-0.05, 0) is 18.2 Å². The highest BCUT2D eigenvalue weighted by atomic mass is 19.4. The lowest BCUT2D eigenvalue weighted by atomic mass is 9.95. The molecule has 0 atom stereocenters. The summed E-state index contributed by atoms with van der Waals surface area (Å²) in [6.07, 6.45) is -4.64. The Morgan fingerprint density at radius 1 is 1.05 bits per heavy atom. The van der Waals surface area contributed by atoms with Crippen LogP contribution in [0.1, 0.15) is 33.3 Å². The Kier molecular flexibility index (Phi) is 4.65. The molecule has 0 aliphatic rings. The lowest BCUT2D eigenvalue weighted by molar-refractivity contribution is -0.137. The Hall–Kier alpha value is -2.05. The number of rotatable bonds is 2. The Labute approximate surface area is 120 Å². The number of carbonyl (C=O) groups is 2. The van der Waals surface area contributed by atoms with Gasteiger partial charge in [-0.25, -0.2) is 0 Å². The van der Waals surface area contributed by atoms with E-state index in [-0.39, 0.29) is 11.4 Å². The first kappa shape index (κ1) is 17.0. The number of alkyl halides is 3. The average Bonchev–Trinajstić information content (AvgIpc) is 2.27. The molecule has 1 aromatic carbocycles. The molecular weight excluding hydrogens is 285 g/mol. The van der Waals surface area contributed by atoms with Gasteiger partial charge in [0.25, 0.3) is 0 Å². The van der Waals surface area contributed by atoms with Gasteiger partial charge in [0.2, 0.25) is 11.8 Å². The Bertz CT molecular complexity index is 560. The van der Waals surface area contributed by atoms with E-state index < -0.39 is 29.0 Å². The molecule has 0 aromatic heterocycles. The second kappa shape index (κ2) is 5.75. The first-order valence-corrected chi connectivity index (χ1v) is 6.21. The van der Waals surface area contributed by atoms with Crippen molar-refractivity contribution in [2.45, 2.75) is 33.9 Å². The van der Waals surface area contributed by atoms with Crippen LogP contribution in [0.3, 0.4) is 0 Å². The maximum Gasteiger partial charge on any atom is 0.418 e. The first-order chi connectivity index (χ1) is 9.41. The van der Waals surface area contributed by atoms with Crippen molar-refractivity contribution in [2.24, 2.45) is 5.41 Å². The second-order valence-electron chi connectivity index (χ2n) is 5.64. The van der Waals surface area contributed by atoms with E-state index in [1.165, 1.54) is 13.0 Å². The summed E-state index contributed by atoms with van der Waals surface area (Å²) in [6.45, 7) is 5.99. The molecule has 116 valence electrons. The third-order valence-corrected chi connectivity index (χ3v) is 2.57. The molecule has 0 aliphatic carbocycles. The highest BCUT2D eigenvalue weighted by Gasteiger charge is 2.35. The van der Waals surface area contributed by atoms with E-state index in [1.807, 2.05) is 0 Å². The summed E-state index contributed by atoms with van der Waals surface area (Å²) in [4.78, 5) is 22.7. The SMILES string of the molecule is CC(=O)Nc1ccc(NC(=O)C(C)(C)C)c(C(F)(F)F)c1. The standard InChI is InChI=1S/C14H17F3N2O2/c1-8(20)18-9-5-6-11(10(7-9)14(15,16)17)19-12(21)13(2,3)4/h5-7H,1-4H3,(H,18,20)(H,19,21). The van der Waals surface area contributed by atoms with Crippen LogP contribution in [-0.2, 0) is 15.8 Å². The van der Waals surface area contributed by atoms with Gasteiger partial charge in [0.15, 0.2) is 0 Å². The molecule has 0 saturated heterocycles. The molecule has 2 N–H and O–H groups in total. The molecule has 0 unspecified atom stereocenters. The van der Waals surface area contributed by atoms with Gasteiger partial charge in [0.05, 0.1) is 11.3 Å². The number of carbonyl (C=O) groups excluding carboxylic acids is 2. The maximum atomic E-state index is 13.0. The van der Waals surface area contributed by atoms with Gasteiger partial charge in [0, 0.05) is 18.0 Å². The molecule has 0 aliphatic heterocycles. The van der Waals surface area contributed by atoms with Gasteiger partial charge < -0.3 is 10.6 Å². The lowest BCUT2D eigenvalue weighted by Crippen LogP contribution is -2.28. The van der Waals surface area contributed by atoms with Crippen molar-refractivity contribution in [3.8, 4) is 0 Å². The Morgan fingerprint density at radius 2 is 1.62 bits per heavy atom. The van der Waals surface area contributed by atoms with Gasteiger partial charge in [-0.15, -0.1) is 0 Å². The zero-order chi connectivity index (χ0) is 16.4. The predicted octanol–water partition coefficient (Wildman–Crippen LogP) is 3.65. The zero-order valence-electron chi connectivity index (χ0n) is 12.2. The molecule has 0 spiro atoms. The molecular formula is C14H17F3N2O2. The van der Waals surface area contributed by atoms with E-state index in [0.29, 0.717) is 0 Å². The van der Waals surface area contributed by atoms with Crippen molar-refractivity contribution in [1.29, 1.82) is 0 Å². The molecule has 1 aromatic rings. The molecule has 1 rings (SSSR count). The van der Waals surface area contributed by atoms with Crippen molar-refractivity contribution in [3.05, 3.63) is 23.8 Å². The number of hydrogen-bond acceptors (Lipinski definition) is 2. The van der Waals surface area contributed by atoms with E-state index in [4.69, 9.17) is 0 Å². The maximum absolute atomic E-state index is 13.0. The molecule has 7 heteroatoms. The minimum Gasteiger partial charge on any atom is -0.326 e. The van der Waals surface area contributed by atoms with Crippen LogP contribution in [0.2, 0.25) is 0 Å². The van der Waals surface area contributed by atoms with Crippen LogP contribution < -0.4 is 10.6 Å². The van der Waals surface area contributed by atoms with Crippen LogP contribution in [0.4, 0.5) is 24.5 Å². The van der Waals surface area contributed by atoms with Crippen molar-refractivity contribution in [3.63, 3.8) is 0 Å². The minimum absolute atomic E-state index is 0.0172. The quantitative estimate of drug-likeness (QED) is 0.876. The fraction of sp³-hybridized carbons (Fsp3) is 0.429. The van der Waals surface area contributed by atoms with Crippen LogP contribution in [0.25, 0.3) is 0 Å². The summed E-state index contributed by atoms with van der Waals surface area (Å²) < 4.78 is 39.1. The topological polar surface area (TPSA) is 58.2 Å². The molecule has 0 heterocycles. The third kappa shape index (κ3) is 4.77. The van der Waals surface area contributed by atoms with E-state index in [1.54, 1.807) is 20.8 Å². The number of nitrogens with one attached hydrogen (secondary N) is 2. The number of amides is 2. The smallest absolute Gasteiger partial charge is 0.326 e. The van der Waals surface area contributed by atoms with Crippen molar-refractivity contribution in [1.82, 2.24) is 0 Å². The molecule has 0 radical (unpaired) electrons. The van der Waals surface area contributed by atoms with Crippen molar-refractivity contribution >= 4 is 23.2 Å². The molecule has 4 nitrogen and oxygen atoms in total. The summed E-state index contributed by atoms with van der Waals surface area (Å²) in [5.74, 6) is -1.00. The lowest BCUT2D eigenvalue weighted by Gasteiger charge is -2.20. The van der Waals surface area contributed by atoms with Crippen molar-refractivity contribution in [2.75, 3.05) is 10.6 Å². The normalized spacial score (nSPS) is 12.0. The summed E-state index contributed by atoms with van der Waals surface area (Å²) in [5.41, 5.74) is -2.15. The van der Waals surface area contributed by atoms with Crippen LogP contribution in [0.15, 0.2) is 18.2 Å². The first-order valence-electron chi connectivity index (χ1n) is 6.21. The zero-order valence-corrected chi connectivity index (χ0v) is 12.2. The summed E-state index contributed by atoms with van der Waals surface area (Å²) in [7, 11) is 0. The molecule has 2 amide bonds. The monoisotopic (exact) mass is 302 g/mol. The van der Waals surface area contributed by atoms with Gasteiger partial charge >= 0.3 is 6.18 Å². The number of anilines is 2. The molecule has 0 saturated carbocycles. The summed E-state index contributed by atoms with van der Waals surface area (Å²) in [6, 6.07) is 3.21. The molecule has 0 bridgehead atoms. The van der Waals surface area contributed by atoms with Crippen LogP contribution in [0.5, 0.6) is 0 Å². The van der Waals surface area contributed by atoms with Gasteiger partial charge in [-0.3, -0.25) is 9.59 Å². The van der Waals surface area contributed by atoms with E-state index in [0.717, 1.165) is 12.1 Å². The van der Waals surface area contributed by atoms with Crippen LogP contribution >= 0.6 is 0 Å². The van der Waals surface area contributed by atoms with Gasteiger partial charge in [-0.1, -0.05) is 20.8 Å². The molecule has 21 heavy (non-hydrogen) atoms. The van der Waals surface area contributed by atoms with Gasteiger partial charge in [-0.2, -0.15) is 13.2 Å². The molecule has 0 fully saturated rings. The van der Waals surface area contributed by atoms with Crippen LogP contribution in [0, 0.1) is 5.41 Å².